The van der Waals surface area contributed by atoms with Crippen LogP contribution in [0.1, 0.15) is 48.0 Å². The zero-order valence-corrected chi connectivity index (χ0v) is 17.6. The van der Waals surface area contributed by atoms with Gasteiger partial charge in [-0.2, -0.15) is 5.10 Å². The molecule has 4 N–H and O–H groups in total. The lowest BCUT2D eigenvalue weighted by atomic mass is 9.95. The van der Waals surface area contributed by atoms with Gasteiger partial charge in [0.15, 0.2) is 0 Å². The van der Waals surface area contributed by atoms with E-state index in [2.05, 4.69) is 15.7 Å². The number of hydrogen-bond acceptors (Lipinski definition) is 7. The topological polar surface area (TPSA) is 163 Å². The molecule has 1 aliphatic rings. The number of para-hydroxylation sites is 1. The van der Waals surface area contributed by atoms with Crippen LogP contribution in [-0.4, -0.2) is 40.0 Å². The highest BCUT2D eigenvalue weighted by atomic mass is 16.6. The van der Waals surface area contributed by atoms with Crippen LogP contribution in [0.3, 0.4) is 0 Å². The van der Waals surface area contributed by atoms with Crippen molar-refractivity contribution in [3.05, 3.63) is 63.7 Å². The predicted molar refractivity (Wildman–Crippen MR) is 120 cm³/mol. The Balaban J connectivity index is 1.61. The molecule has 2 aromatic rings. The average molecular weight is 453 g/mol. The Morgan fingerprint density at radius 1 is 1.06 bits per heavy atom. The van der Waals surface area contributed by atoms with E-state index in [-0.39, 0.29) is 40.2 Å². The first-order chi connectivity index (χ1) is 15.8. The monoisotopic (exact) mass is 453 g/mol. The number of nitro groups is 1. The van der Waals surface area contributed by atoms with Crippen molar-refractivity contribution >= 4 is 35.3 Å². The highest BCUT2D eigenvalue weighted by Gasteiger charge is 2.21. The number of phenolic OH excluding ortho intramolecular Hbond substituents is 1. The van der Waals surface area contributed by atoms with Crippen LogP contribution in [0, 0.1) is 10.1 Å². The number of anilines is 1. The van der Waals surface area contributed by atoms with Crippen LogP contribution in [-0.2, 0) is 9.59 Å². The molecule has 1 aliphatic carbocycles. The van der Waals surface area contributed by atoms with Crippen molar-refractivity contribution in [2.24, 2.45) is 5.10 Å². The first-order valence-corrected chi connectivity index (χ1v) is 10.4. The van der Waals surface area contributed by atoms with E-state index < -0.39 is 16.7 Å². The zero-order valence-electron chi connectivity index (χ0n) is 17.6. The standard InChI is InChI=1S/C22H23N5O6/c28-19-11-10-16(27(32)33)12-14(19)13-23-26-22(31)21(30)25-18-9-5-4-8-17(18)20(29)24-15-6-2-1-3-7-15/h4-5,8-13,15,28H,1-3,6-7H2,(H,24,29)(H,25,30)(H,26,31)/b23-13-. The van der Waals surface area contributed by atoms with Crippen LogP contribution in [0.15, 0.2) is 47.6 Å². The summed E-state index contributed by atoms with van der Waals surface area (Å²) in [6.07, 6.45) is 6.04. The lowest BCUT2D eigenvalue weighted by Crippen LogP contribution is -2.37. The summed E-state index contributed by atoms with van der Waals surface area (Å²) in [6, 6.07) is 9.70. The molecule has 0 unspecified atom stereocenters. The molecular formula is C22H23N5O6. The number of carbonyl (C=O) groups excluding carboxylic acids is 3. The summed E-state index contributed by atoms with van der Waals surface area (Å²) in [4.78, 5) is 47.2. The molecule has 0 aliphatic heterocycles. The summed E-state index contributed by atoms with van der Waals surface area (Å²) < 4.78 is 0. The maximum absolute atomic E-state index is 12.7. The number of nitro benzene ring substituents is 1. The van der Waals surface area contributed by atoms with Gasteiger partial charge < -0.3 is 15.7 Å². The second kappa shape index (κ2) is 10.8. The molecule has 172 valence electrons. The van der Waals surface area contributed by atoms with Crippen molar-refractivity contribution in [2.45, 2.75) is 38.1 Å². The SMILES string of the molecule is O=C(N/N=C\c1cc([N+](=O)[O-])ccc1O)C(=O)Nc1ccccc1C(=O)NC1CCCCC1. The molecule has 1 saturated carbocycles. The van der Waals surface area contributed by atoms with Crippen molar-refractivity contribution in [3.63, 3.8) is 0 Å². The maximum atomic E-state index is 12.7. The molecule has 0 saturated heterocycles. The van der Waals surface area contributed by atoms with E-state index in [4.69, 9.17) is 0 Å². The molecule has 3 rings (SSSR count). The summed E-state index contributed by atoms with van der Waals surface area (Å²) in [6.45, 7) is 0. The Kier molecular flexibility index (Phi) is 7.68. The Labute approximate surface area is 189 Å². The van der Waals surface area contributed by atoms with Gasteiger partial charge in [0.25, 0.3) is 11.6 Å². The second-order valence-corrected chi connectivity index (χ2v) is 7.51. The number of hydrogen-bond donors (Lipinski definition) is 4. The lowest BCUT2D eigenvalue weighted by Gasteiger charge is -2.23. The van der Waals surface area contributed by atoms with Crippen molar-refractivity contribution in [3.8, 4) is 5.75 Å². The Morgan fingerprint density at radius 2 is 1.79 bits per heavy atom. The Morgan fingerprint density at radius 3 is 2.52 bits per heavy atom. The quantitative estimate of drug-likeness (QED) is 0.227. The number of non-ortho nitro benzene ring substituents is 1. The minimum Gasteiger partial charge on any atom is -0.507 e. The number of nitrogens with one attached hydrogen (secondary N) is 3. The molecule has 0 spiro atoms. The van der Waals surface area contributed by atoms with Gasteiger partial charge in [-0.3, -0.25) is 24.5 Å². The van der Waals surface area contributed by atoms with E-state index in [1.54, 1.807) is 18.2 Å². The zero-order chi connectivity index (χ0) is 23.8. The number of phenols is 1. The van der Waals surface area contributed by atoms with Gasteiger partial charge in [0, 0.05) is 23.7 Å². The van der Waals surface area contributed by atoms with Gasteiger partial charge in [-0.25, -0.2) is 5.43 Å². The van der Waals surface area contributed by atoms with Crippen molar-refractivity contribution in [2.75, 3.05) is 5.32 Å². The molecule has 0 bridgehead atoms. The smallest absolute Gasteiger partial charge is 0.329 e. The fraction of sp³-hybridized carbons (Fsp3) is 0.273. The van der Waals surface area contributed by atoms with E-state index >= 15 is 0 Å². The fourth-order valence-corrected chi connectivity index (χ4v) is 3.45. The average Bonchev–Trinajstić information content (AvgIpc) is 2.81. The van der Waals surface area contributed by atoms with Crippen molar-refractivity contribution in [1.82, 2.24) is 10.7 Å². The molecule has 1 fully saturated rings. The molecule has 0 radical (unpaired) electrons. The van der Waals surface area contributed by atoms with E-state index in [0.717, 1.165) is 56.5 Å². The van der Waals surface area contributed by atoms with Crippen LogP contribution < -0.4 is 16.1 Å². The largest absolute Gasteiger partial charge is 0.507 e. The van der Waals surface area contributed by atoms with Gasteiger partial charge in [-0.05, 0) is 31.0 Å². The van der Waals surface area contributed by atoms with Crippen molar-refractivity contribution < 1.29 is 24.4 Å². The van der Waals surface area contributed by atoms with Crippen molar-refractivity contribution in [1.29, 1.82) is 0 Å². The van der Waals surface area contributed by atoms with Crippen LogP contribution in [0.4, 0.5) is 11.4 Å². The van der Waals surface area contributed by atoms with E-state index in [1.165, 1.54) is 6.07 Å². The predicted octanol–water partition coefficient (Wildman–Crippen LogP) is 2.45. The van der Waals surface area contributed by atoms with Crippen LogP contribution in [0.5, 0.6) is 5.75 Å². The van der Waals surface area contributed by atoms with Crippen LogP contribution in [0.25, 0.3) is 0 Å². The molecular weight excluding hydrogens is 430 g/mol. The van der Waals surface area contributed by atoms with E-state index in [0.29, 0.717) is 0 Å². The number of amides is 3. The summed E-state index contributed by atoms with van der Waals surface area (Å²) >= 11 is 0. The van der Waals surface area contributed by atoms with Gasteiger partial charge in [0.2, 0.25) is 0 Å². The number of aromatic hydroxyl groups is 1. The van der Waals surface area contributed by atoms with E-state index in [9.17, 15) is 29.6 Å². The molecule has 3 amide bonds. The molecule has 0 atom stereocenters. The molecule has 11 nitrogen and oxygen atoms in total. The first-order valence-electron chi connectivity index (χ1n) is 10.4. The van der Waals surface area contributed by atoms with Gasteiger partial charge in [0.1, 0.15) is 5.75 Å². The molecule has 0 aromatic heterocycles. The van der Waals surface area contributed by atoms with E-state index in [1.807, 2.05) is 5.43 Å². The molecule has 11 heteroatoms. The highest BCUT2D eigenvalue weighted by Crippen LogP contribution is 2.21. The molecule has 2 aromatic carbocycles. The fourth-order valence-electron chi connectivity index (χ4n) is 3.45. The third-order valence-electron chi connectivity index (χ3n) is 5.16. The number of nitrogens with zero attached hydrogens (tertiary/aromatic N) is 2. The highest BCUT2D eigenvalue weighted by molar-refractivity contribution is 6.40. The summed E-state index contributed by atoms with van der Waals surface area (Å²) in [5.41, 5.74) is 2.09. The Bertz CT molecular complexity index is 1090. The lowest BCUT2D eigenvalue weighted by molar-refractivity contribution is -0.384. The maximum Gasteiger partial charge on any atom is 0.329 e. The number of carbonyl (C=O) groups is 3. The van der Waals surface area contributed by atoms with Gasteiger partial charge in [-0.15, -0.1) is 0 Å². The summed E-state index contributed by atoms with van der Waals surface area (Å²) in [5.74, 6) is -2.81. The normalized spacial score (nSPS) is 13.9. The first kappa shape index (κ1) is 23.4. The number of hydrazone groups is 1. The van der Waals surface area contributed by atoms with Gasteiger partial charge >= 0.3 is 11.8 Å². The van der Waals surface area contributed by atoms with Gasteiger partial charge in [-0.1, -0.05) is 31.4 Å². The minimum atomic E-state index is -1.13. The molecule has 0 heterocycles. The third kappa shape index (κ3) is 6.35. The minimum absolute atomic E-state index is 0.0189. The van der Waals surface area contributed by atoms with Crippen LogP contribution >= 0.6 is 0 Å². The number of rotatable bonds is 6. The third-order valence-corrected chi connectivity index (χ3v) is 5.16. The van der Waals surface area contributed by atoms with Crippen LogP contribution in [0.2, 0.25) is 0 Å². The summed E-state index contributed by atoms with van der Waals surface area (Å²) in [5, 5.41) is 29.5. The second-order valence-electron chi connectivity index (χ2n) is 7.51. The van der Waals surface area contributed by atoms with Gasteiger partial charge in [0.05, 0.1) is 22.4 Å². The number of benzene rings is 2. The summed E-state index contributed by atoms with van der Waals surface area (Å²) in [7, 11) is 0. The Hall–Kier alpha value is -4.28. The molecule has 33 heavy (non-hydrogen) atoms.